The van der Waals surface area contributed by atoms with Gasteiger partial charge in [0.2, 0.25) is 0 Å². The van der Waals surface area contributed by atoms with Crippen molar-refractivity contribution in [1.82, 2.24) is 9.55 Å². The highest BCUT2D eigenvalue weighted by Gasteiger charge is 2.42. The van der Waals surface area contributed by atoms with E-state index in [1.165, 1.54) is 0 Å². The number of aliphatic hydroxyl groups excluding tert-OH is 1. The van der Waals surface area contributed by atoms with Gasteiger partial charge in [-0.15, -0.1) is 0 Å². The molecule has 0 aliphatic carbocycles. The molecule has 4 aromatic rings. The van der Waals surface area contributed by atoms with Crippen molar-refractivity contribution < 1.29 is 19.8 Å². The highest BCUT2D eigenvalue weighted by Crippen LogP contribution is 2.37. The van der Waals surface area contributed by atoms with Gasteiger partial charge < -0.3 is 15.1 Å². The molecule has 0 saturated carbocycles. The van der Waals surface area contributed by atoms with E-state index in [0.717, 1.165) is 11.1 Å². The fraction of sp³-hybridized carbons (Fsp3) is 0.267. The van der Waals surface area contributed by atoms with E-state index in [0.29, 0.717) is 53.8 Å². The van der Waals surface area contributed by atoms with Gasteiger partial charge in [0.05, 0.1) is 22.3 Å². The van der Waals surface area contributed by atoms with Crippen LogP contribution in [0.4, 0.5) is 0 Å². The Bertz CT molecular complexity index is 1550. The van der Waals surface area contributed by atoms with Crippen molar-refractivity contribution in [2.75, 3.05) is 0 Å². The number of oxime groups is 1. The lowest BCUT2D eigenvalue weighted by Crippen LogP contribution is -2.33. The first-order valence-corrected chi connectivity index (χ1v) is 12.7. The number of hydrogen-bond donors (Lipinski definition) is 2. The molecule has 0 unspecified atom stereocenters. The maximum atomic E-state index is 13.6. The first-order valence-electron chi connectivity index (χ1n) is 12.7. The number of nitrogens with zero attached hydrogens (tertiary/aromatic N) is 3. The number of aliphatic hydroxyl groups is 1. The quantitative estimate of drug-likeness (QED) is 0.312. The summed E-state index contributed by atoms with van der Waals surface area (Å²) in [5.74, 6) is -0.268. The number of aromatic nitrogens is 2. The molecule has 8 heteroatoms. The van der Waals surface area contributed by atoms with Crippen LogP contribution in [0.25, 0.3) is 16.6 Å². The minimum Gasteiger partial charge on any atom is -0.481 e. The minimum absolute atomic E-state index is 0.0702. The van der Waals surface area contributed by atoms with Crippen molar-refractivity contribution in [3.05, 3.63) is 106 Å². The van der Waals surface area contributed by atoms with Gasteiger partial charge in [-0.2, -0.15) is 0 Å². The number of aryl methyl sites for hydroxylation is 1. The monoisotopic (exact) mass is 511 g/mol. The predicted octanol–water partition coefficient (Wildman–Crippen LogP) is 4.80. The molecule has 0 amide bonds. The summed E-state index contributed by atoms with van der Waals surface area (Å²) in [6.07, 6.45) is 1.14. The highest BCUT2D eigenvalue weighted by atomic mass is 16.7. The molecule has 0 bridgehead atoms. The Labute approximate surface area is 219 Å². The summed E-state index contributed by atoms with van der Waals surface area (Å²) >= 11 is 0. The molecule has 0 radical (unpaired) electrons. The third-order valence-corrected chi connectivity index (χ3v) is 6.90. The van der Waals surface area contributed by atoms with Crippen molar-refractivity contribution >= 4 is 22.6 Å². The van der Waals surface area contributed by atoms with Crippen LogP contribution in [0.1, 0.15) is 55.7 Å². The molecule has 1 aliphatic heterocycles. The standard InChI is InChI=1S/C30H29N3O5/c1-30(28(36)20-10-4-2-5-11-20)19-25(32-38-30)21-16-17-23-24(18-21)31-26(14-8-9-15-27(34)35)33(29(23)37)22-12-6-3-7-13-22/h2-7,10-13,16-18,28,36H,8-9,14-15,19H2,1H3,(H,34,35)/t28-,30+/m0/s1. The Morgan fingerprint density at radius 1 is 1.05 bits per heavy atom. The Morgan fingerprint density at radius 3 is 2.47 bits per heavy atom. The summed E-state index contributed by atoms with van der Waals surface area (Å²) in [5, 5.41) is 24.7. The SMILES string of the molecule is C[C@]1([C@@H](O)c2ccccc2)CC(c2ccc3c(=O)n(-c4ccccc4)c(CCCCC(=O)O)nc3c2)=NO1. The molecule has 0 saturated heterocycles. The number of unbranched alkanes of at least 4 members (excludes halogenated alkanes) is 1. The molecular weight excluding hydrogens is 482 g/mol. The summed E-state index contributed by atoms with van der Waals surface area (Å²) in [5.41, 5.74) is 2.32. The van der Waals surface area contributed by atoms with Crippen molar-refractivity contribution in [1.29, 1.82) is 0 Å². The minimum atomic E-state index is -0.926. The average Bonchev–Trinajstić information content (AvgIpc) is 3.34. The van der Waals surface area contributed by atoms with E-state index in [4.69, 9.17) is 14.9 Å². The van der Waals surface area contributed by atoms with Crippen LogP contribution >= 0.6 is 0 Å². The van der Waals surface area contributed by atoms with Gasteiger partial charge in [-0.05, 0) is 49.6 Å². The van der Waals surface area contributed by atoms with Crippen LogP contribution in [0, 0.1) is 0 Å². The van der Waals surface area contributed by atoms with Crippen molar-refractivity contribution in [3.8, 4) is 5.69 Å². The largest absolute Gasteiger partial charge is 0.481 e. The number of fused-ring (bicyclic) bond motifs is 1. The van der Waals surface area contributed by atoms with Crippen LogP contribution in [0.15, 0.2) is 88.8 Å². The van der Waals surface area contributed by atoms with Gasteiger partial charge in [0.15, 0.2) is 5.60 Å². The molecule has 2 N–H and O–H groups in total. The molecule has 0 spiro atoms. The van der Waals surface area contributed by atoms with Crippen molar-refractivity contribution in [2.45, 2.75) is 50.7 Å². The van der Waals surface area contributed by atoms with Crippen molar-refractivity contribution in [3.63, 3.8) is 0 Å². The molecular formula is C30H29N3O5. The summed E-state index contributed by atoms with van der Waals surface area (Å²) in [6, 6.07) is 24.1. The summed E-state index contributed by atoms with van der Waals surface area (Å²) < 4.78 is 1.60. The number of hydrogen-bond acceptors (Lipinski definition) is 6. The third-order valence-electron chi connectivity index (χ3n) is 6.90. The van der Waals surface area contributed by atoms with E-state index >= 15 is 0 Å². The lowest BCUT2D eigenvalue weighted by molar-refractivity contribution is -0.137. The van der Waals surface area contributed by atoms with Gasteiger partial charge in [0.25, 0.3) is 5.56 Å². The first kappa shape index (κ1) is 25.4. The van der Waals surface area contributed by atoms with Crippen LogP contribution in [0.2, 0.25) is 0 Å². The molecule has 1 aliphatic rings. The molecule has 2 atom stereocenters. The molecule has 8 nitrogen and oxygen atoms in total. The lowest BCUT2D eigenvalue weighted by Gasteiger charge is -2.27. The van der Waals surface area contributed by atoms with Gasteiger partial charge in [-0.25, -0.2) is 4.98 Å². The van der Waals surface area contributed by atoms with Crippen LogP contribution < -0.4 is 5.56 Å². The van der Waals surface area contributed by atoms with Gasteiger partial charge in [-0.3, -0.25) is 14.2 Å². The van der Waals surface area contributed by atoms with E-state index in [-0.39, 0.29) is 12.0 Å². The number of rotatable bonds is 9. The highest BCUT2D eigenvalue weighted by molar-refractivity contribution is 6.04. The van der Waals surface area contributed by atoms with Crippen LogP contribution in [-0.4, -0.2) is 37.0 Å². The molecule has 3 aromatic carbocycles. The van der Waals surface area contributed by atoms with E-state index in [1.54, 1.807) is 10.6 Å². The second-order valence-corrected chi connectivity index (χ2v) is 9.77. The maximum absolute atomic E-state index is 13.6. The predicted molar refractivity (Wildman–Crippen MR) is 145 cm³/mol. The first-order chi connectivity index (χ1) is 18.4. The van der Waals surface area contributed by atoms with Gasteiger partial charge >= 0.3 is 5.97 Å². The average molecular weight is 512 g/mol. The summed E-state index contributed by atoms with van der Waals surface area (Å²) in [4.78, 5) is 35.2. The Balaban J connectivity index is 1.48. The van der Waals surface area contributed by atoms with Crippen LogP contribution in [0.5, 0.6) is 0 Å². The van der Waals surface area contributed by atoms with Gasteiger partial charge in [0, 0.05) is 24.8 Å². The number of para-hydroxylation sites is 1. The topological polar surface area (TPSA) is 114 Å². The van der Waals surface area contributed by atoms with Crippen LogP contribution in [0.3, 0.4) is 0 Å². The van der Waals surface area contributed by atoms with E-state index in [1.807, 2.05) is 79.7 Å². The van der Waals surface area contributed by atoms with Crippen LogP contribution in [-0.2, 0) is 16.1 Å². The zero-order valence-electron chi connectivity index (χ0n) is 21.1. The summed E-state index contributed by atoms with van der Waals surface area (Å²) in [7, 11) is 0. The second-order valence-electron chi connectivity index (χ2n) is 9.77. The van der Waals surface area contributed by atoms with Gasteiger partial charge in [0.1, 0.15) is 11.9 Å². The maximum Gasteiger partial charge on any atom is 0.303 e. The number of benzene rings is 3. The Kier molecular flexibility index (Phi) is 7.07. The van der Waals surface area contributed by atoms with Gasteiger partial charge in [-0.1, -0.05) is 59.8 Å². The van der Waals surface area contributed by atoms with Crippen molar-refractivity contribution in [2.24, 2.45) is 5.16 Å². The fourth-order valence-corrected chi connectivity index (χ4v) is 4.83. The van der Waals surface area contributed by atoms with E-state index < -0.39 is 17.7 Å². The zero-order valence-corrected chi connectivity index (χ0v) is 21.1. The summed E-state index contributed by atoms with van der Waals surface area (Å²) in [6.45, 7) is 1.83. The number of carbonyl (C=O) groups is 1. The van der Waals surface area contributed by atoms with E-state index in [2.05, 4.69) is 5.16 Å². The molecule has 2 heterocycles. The van der Waals surface area contributed by atoms with E-state index in [9.17, 15) is 14.7 Å². The second kappa shape index (κ2) is 10.6. The number of carboxylic acid groups (broad SMARTS) is 1. The number of carboxylic acids is 1. The normalized spacial score (nSPS) is 17.7. The molecule has 38 heavy (non-hydrogen) atoms. The lowest BCUT2D eigenvalue weighted by atomic mass is 9.87. The number of aliphatic carboxylic acids is 1. The Hall–Kier alpha value is -4.30. The molecule has 5 rings (SSSR count). The smallest absolute Gasteiger partial charge is 0.303 e. The third kappa shape index (κ3) is 5.08. The molecule has 1 aromatic heterocycles. The molecule has 194 valence electrons. The molecule has 0 fully saturated rings. The fourth-order valence-electron chi connectivity index (χ4n) is 4.83. The zero-order chi connectivity index (χ0) is 26.7. The Morgan fingerprint density at radius 2 is 1.76 bits per heavy atom.